The summed E-state index contributed by atoms with van der Waals surface area (Å²) in [6.07, 6.45) is -2.71. The summed E-state index contributed by atoms with van der Waals surface area (Å²) in [7, 11) is 0. The molecule has 0 atom stereocenters. The van der Waals surface area contributed by atoms with Crippen LogP contribution in [-0.2, 0) is 35.3 Å². The minimum atomic E-state index is -4.98. The van der Waals surface area contributed by atoms with E-state index in [0.717, 1.165) is 11.6 Å². The van der Waals surface area contributed by atoms with E-state index in [1.54, 1.807) is 12.1 Å². The van der Waals surface area contributed by atoms with Gasteiger partial charge in [0, 0.05) is 23.0 Å². The van der Waals surface area contributed by atoms with Crippen molar-refractivity contribution in [3.05, 3.63) is 85.8 Å². The van der Waals surface area contributed by atoms with Crippen LogP contribution >= 0.6 is 11.6 Å². The van der Waals surface area contributed by atoms with Crippen LogP contribution in [0.1, 0.15) is 55.0 Å². The number of amides is 1. The van der Waals surface area contributed by atoms with E-state index in [1.807, 2.05) is 17.1 Å². The Morgan fingerprint density at radius 3 is 2.38 bits per heavy atom. The highest BCUT2D eigenvalue weighted by molar-refractivity contribution is 6.30. The van der Waals surface area contributed by atoms with Crippen LogP contribution in [0.2, 0.25) is 5.02 Å². The molecule has 4 rings (SSSR count). The average Bonchev–Trinajstić information content (AvgIpc) is 2.93. The summed E-state index contributed by atoms with van der Waals surface area (Å²) >= 11 is 5.89. The van der Waals surface area contributed by atoms with Gasteiger partial charge in [-0.25, -0.2) is 9.37 Å². The molecule has 1 aliphatic carbocycles. The van der Waals surface area contributed by atoms with Crippen molar-refractivity contribution in [1.29, 1.82) is 0 Å². The maximum atomic E-state index is 15.5. The summed E-state index contributed by atoms with van der Waals surface area (Å²) in [5.41, 5.74) is -3.34. The molecule has 1 aromatic heterocycles. The molecule has 0 saturated heterocycles. The zero-order valence-corrected chi connectivity index (χ0v) is 22.3. The van der Waals surface area contributed by atoms with Gasteiger partial charge in [0.15, 0.2) is 0 Å². The second-order valence-corrected chi connectivity index (χ2v) is 10.1. The van der Waals surface area contributed by atoms with Crippen LogP contribution in [0, 0.1) is 17.6 Å². The molecule has 6 nitrogen and oxygen atoms in total. The summed E-state index contributed by atoms with van der Waals surface area (Å²) in [4.78, 5) is 30.4. The fourth-order valence-corrected chi connectivity index (χ4v) is 4.82. The first-order valence-corrected chi connectivity index (χ1v) is 13.2. The van der Waals surface area contributed by atoms with Crippen molar-refractivity contribution in [2.45, 2.75) is 64.5 Å². The van der Waals surface area contributed by atoms with Gasteiger partial charge in [0.25, 0.3) is 5.56 Å². The normalized spacial score (nSPS) is 17.6. The number of H-pyrrole nitrogens is 1. The zero-order chi connectivity index (χ0) is 29.0. The highest BCUT2D eigenvalue weighted by Gasteiger charge is 2.37. The average molecular weight is 584 g/mol. The minimum absolute atomic E-state index is 0.0204. The van der Waals surface area contributed by atoms with Gasteiger partial charge in [-0.2, -0.15) is 17.6 Å². The Kier molecular flexibility index (Phi) is 9.25. The van der Waals surface area contributed by atoms with Gasteiger partial charge in [-0.1, -0.05) is 36.7 Å². The van der Waals surface area contributed by atoms with Crippen LogP contribution in [0.15, 0.2) is 41.2 Å². The number of rotatable bonds is 8. The molecule has 1 saturated carbocycles. The topological polar surface area (TPSA) is 84.1 Å². The summed E-state index contributed by atoms with van der Waals surface area (Å²) < 4.78 is 76.5. The van der Waals surface area contributed by atoms with Gasteiger partial charge in [0.05, 0.1) is 29.5 Å². The van der Waals surface area contributed by atoms with Crippen LogP contribution in [0.25, 0.3) is 11.4 Å². The Hall–Kier alpha value is -3.31. The second-order valence-electron chi connectivity index (χ2n) is 9.62. The first-order valence-electron chi connectivity index (χ1n) is 12.8. The van der Waals surface area contributed by atoms with Crippen molar-refractivity contribution < 1.29 is 31.5 Å². The Bertz CT molecular complexity index is 1420. The van der Waals surface area contributed by atoms with E-state index in [2.05, 4.69) is 10.3 Å². The van der Waals surface area contributed by atoms with Gasteiger partial charge in [-0.05, 0) is 55.9 Å². The number of carbonyl (C=O) groups excluding carboxylic acids is 1. The molecule has 2 aromatic carbocycles. The molecule has 0 unspecified atom stereocenters. The van der Waals surface area contributed by atoms with Crippen molar-refractivity contribution in [2.24, 2.45) is 5.92 Å². The van der Waals surface area contributed by atoms with Gasteiger partial charge >= 0.3 is 6.18 Å². The molecular weight excluding hydrogens is 557 g/mol. The van der Waals surface area contributed by atoms with Gasteiger partial charge in [-0.15, -0.1) is 0 Å². The van der Waals surface area contributed by atoms with E-state index in [0.29, 0.717) is 43.4 Å². The van der Waals surface area contributed by atoms with Crippen LogP contribution in [0.4, 0.5) is 22.0 Å². The molecule has 0 spiro atoms. The molecular formula is C28H27ClF5N3O3. The number of nitrogens with zero attached hydrogens (tertiary/aromatic N) is 1. The van der Waals surface area contributed by atoms with E-state index in [-0.39, 0.29) is 36.5 Å². The predicted octanol–water partition coefficient (Wildman–Crippen LogP) is 6.34. The molecule has 214 valence electrons. The van der Waals surface area contributed by atoms with E-state index in [4.69, 9.17) is 16.3 Å². The summed E-state index contributed by atoms with van der Waals surface area (Å²) in [5.74, 6) is -3.99. The molecule has 0 bridgehead atoms. The number of aryl methyl sites for hydroxylation is 1. The second kappa shape index (κ2) is 12.5. The summed E-state index contributed by atoms with van der Waals surface area (Å²) in [6.45, 7) is 1.50. The van der Waals surface area contributed by atoms with Gasteiger partial charge < -0.3 is 15.0 Å². The Balaban J connectivity index is 1.43. The van der Waals surface area contributed by atoms with Crippen molar-refractivity contribution in [3.63, 3.8) is 0 Å². The van der Waals surface area contributed by atoms with E-state index in [1.165, 1.54) is 6.92 Å². The molecule has 12 heteroatoms. The van der Waals surface area contributed by atoms with Crippen molar-refractivity contribution in [3.8, 4) is 11.4 Å². The first kappa shape index (κ1) is 29.7. The SMILES string of the molecule is CCc1nc(-c2c(C(F)(F)F)ccc(CNC(=O)C3CCC(OCc4ccc(Cl)cc4)CC3)c2F)[nH]c(=O)c1F. The lowest BCUT2D eigenvalue weighted by molar-refractivity contribution is -0.137. The van der Waals surface area contributed by atoms with Crippen molar-refractivity contribution >= 4 is 17.5 Å². The van der Waals surface area contributed by atoms with Gasteiger partial charge in [0.1, 0.15) is 11.6 Å². The smallest absolute Gasteiger partial charge is 0.374 e. The van der Waals surface area contributed by atoms with Crippen LogP contribution in [0.5, 0.6) is 0 Å². The Morgan fingerprint density at radius 2 is 1.75 bits per heavy atom. The van der Waals surface area contributed by atoms with Crippen molar-refractivity contribution in [1.82, 2.24) is 15.3 Å². The van der Waals surface area contributed by atoms with Crippen LogP contribution in [0.3, 0.4) is 0 Å². The first-order chi connectivity index (χ1) is 19.0. The number of alkyl halides is 3. The number of hydrogen-bond donors (Lipinski definition) is 2. The molecule has 40 heavy (non-hydrogen) atoms. The van der Waals surface area contributed by atoms with Gasteiger partial charge in [-0.3, -0.25) is 9.59 Å². The third kappa shape index (κ3) is 6.87. The molecule has 1 aliphatic rings. The molecule has 2 N–H and O–H groups in total. The molecule has 3 aromatic rings. The lowest BCUT2D eigenvalue weighted by Crippen LogP contribution is -2.34. The highest BCUT2D eigenvalue weighted by atomic mass is 35.5. The van der Waals surface area contributed by atoms with Crippen LogP contribution in [-0.4, -0.2) is 22.0 Å². The fourth-order valence-electron chi connectivity index (χ4n) is 4.69. The molecule has 1 amide bonds. The third-order valence-corrected chi connectivity index (χ3v) is 7.18. The highest BCUT2D eigenvalue weighted by Crippen LogP contribution is 2.38. The monoisotopic (exact) mass is 583 g/mol. The number of benzene rings is 2. The number of aromatic nitrogens is 2. The number of aromatic amines is 1. The maximum absolute atomic E-state index is 15.5. The zero-order valence-electron chi connectivity index (χ0n) is 21.5. The minimum Gasteiger partial charge on any atom is -0.374 e. The summed E-state index contributed by atoms with van der Waals surface area (Å²) in [5, 5.41) is 3.24. The van der Waals surface area contributed by atoms with Crippen molar-refractivity contribution in [2.75, 3.05) is 0 Å². The quantitative estimate of drug-likeness (QED) is 0.303. The molecule has 1 fully saturated rings. The molecule has 1 heterocycles. The van der Waals surface area contributed by atoms with Crippen LogP contribution < -0.4 is 10.9 Å². The largest absolute Gasteiger partial charge is 0.417 e. The lowest BCUT2D eigenvalue weighted by Gasteiger charge is -2.28. The molecule has 0 aliphatic heterocycles. The Morgan fingerprint density at radius 1 is 1.07 bits per heavy atom. The predicted molar refractivity (Wildman–Crippen MR) is 138 cm³/mol. The Labute approximate surface area is 231 Å². The lowest BCUT2D eigenvalue weighted by atomic mass is 9.86. The number of hydrogen-bond acceptors (Lipinski definition) is 4. The number of carbonyl (C=O) groups is 1. The number of halogens is 6. The van der Waals surface area contributed by atoms with E-state index in [9.17, 15) is 27.2 Å². The maximum Gasteiger partial charge on any atom is 0.417 e. The van der Waals surface area contributed by atoms with E-state index < -0.39 is 46.0 Å². The van der Waals surface area contributed by atoms with E-state index >= 15 is 4.39 Å². The third-order valence-electron chi connectivity index (χ3n) is 6.93. The molecule has 0 radical (unpaired) electrons. The summed E-state index contributed by atoms with van der Waals surface area (Å²) in [6, 6.07) is 8.88. The number of ether oxygens (including phenoxy) is 1. The number of nitrogens with one attached hydrogen (secondary N) is 2. The van der Waals surface area contributed by atoms with Gasteiger partial charge in [0.2, 0.25) is 11.7 Å². The standard InChI is InChI=1S/C28H27ClF5N3O3/c1-2-21-24(31)27(39)37-25(36-21)22-20(28(32,33)34)12-7-17(23(22)30)13-35-26(38)16-5-10-19(11-6-16)40-14-15-3-8-18(29)9-4-15/h3-4,7-9,12,16,19H,2,5-6,10-11,13-14H2,1H3,(H,35,38)(H,36,37,39). The fraction of sp³-hybridized carbons (Fsp3) is 0.393.